The first kappa shape index (κ1) is 26.2. The number of hydrogen-bond donors (Lipinski definition) is 0. The van der Waals surface area contributed by atoms with Crippen LogP contribution in [0.25, 0.3) is 0 Å². The van der Waals surface area contributed by atoms with Crippen molar-refractivity contribution in [1.82, 2.24) is 5.01 Å². The molecule has 3 aromatic rings. The monoisotopic (exact) mass is 598 g/mol. The molecule has 10 rings (SSSR count). The van der Waals surface area contributed by atoms with Gasteiger partial charge in [0.1, 0.15) is 5.69 Å². The molecule has 10 nitrogen and oxygen atoms in total. The highest BCUT2D eigenvalue weighted by Gasteiger charge is 2.69. The fraction of sp³-hybridized carbons (Fsp3) is 0.286. The van der Waals surface area contributed by atoms with Crippen LogP contribution in [0.2, 0.25) is 0 Å². The van der Waals surface area contributed by atoms with Gasteiger partial charge in [0.05, 0.1) is 34.0 Å². The number of imide groups is 2. The van der Waals surface area contributed by atoms with Gasteiger partial charge in [-0.2, -0.15) is 10.1 Å². The molecule has 1 saturated carbocycles. The highest BCUT2D eigenvalue weighted by molar-refractivity contribution is 6.26. The summed E-state index contributed by atoms with van der Waals surface area (Å²) in [6, 6.07) is 19.6. The molecule has 4 bridgehead atoms. The molecule has 222 valence electrons. The molecule has 3 fully saturated rings. The Morgan fingerprint density at radius 3 is 2.02 bits per heavy atom. The van der Waals surface area contributed by atoms with E-state index < -0.39 is 51.7 Å². The van der Waals surface area contributed by atoms with Gasteiger partial charge in [0, 0.05) is 18.2 Å². The van der Waals surface area contributed by atoms with E-state index in [1.165, 1.54) is 18.3 Å². The number of nitro groups is 1. The number of nitrogens with zero attached hydrogens (tertiary/aromatic N) is 4. The van der Waals surface area contributed by atoms with Gasteiger partial charge in [0.15, 0.2) is 0 Å². The van der Waals surface area contributed by atoms with Crippen molar-refractivity contribution in [3.8, 4) is 0 Å². The normalized spacial score (nSPS) is 33.3. The highest BCUT2D eigenvalue weighted by atomic mass is 16.6. The third-order valence-electron chi connectivity index (χ3n) is 11.1. The summed E-state index contributed by atoms with van der Waals surface area (Å²) >= 11 is 0. The van der Waals surface area contributed by atoms with Crippen molar-refractivity contribution in [3.63, 3.8) is 0 Å². The van der Waals surface area contributed by atoms with Crippen LogP contribution in [0, 0.1) is 52.5 Å². The standard InChI is InChI=1S/C35H26N4O6/c1-17-10-13-24(25(14-17)39(44)45)37-31(40)29-28-20-6-2-4-8-22(20)35(30(29)34(37)43,23-9-5-3-7-21(23)28)16-36-38-32(41)26-18-11-12-19(15-18)27(26)33(38)42/h2-14,16,18-19,26-30H,15H2,1H3/b36-16-/t18-,19-,26-,27+,28?,29+,30+,35?/m0/s1. The first-order chi connectivity index (χ1) is 21.7. The van der Waals surface area contributed by atoms with Gasteiger partial charge in [-0.05, 0) is 59.1 Å². The van der Waals surface area contributed by atoms with E-state index in [1.54, 1.807) is 13.0 Å². The van der Waals surface area contributed by atoms with Crippen LogP contribution in [0.3, 0.4) is 0 Å². The Kier molecular flexibility index (Phi) is 5.05. The van der Waals surface area contributed by atoms with E-state index in [4.69, 9.17) is 0 Å². The number of hydrazone groups is 1. The topological polar surface area (TPSA) is 130 Å². The van der Waals surface area contributed by atoms with Gasteiger partial charge >= 0.3 is 0 Å². The van der Waals surface area contributed by atoms with E-state index in [1.807, 2.05) is 60.7 Å². The SMILES string of the molecule is Cc1ccc(N2C(=O)[C@@H]3C4c5ccccc5C(/C=N\N5C(=O)[C@@H]6[C@H](C5=O)[C@H]5C=C[C@H]6C5)(c5ccccc54)[C@H]3C2=O)c([N+](=O)[O-])c1. The van der Waals surface area contributed by atoms with Crippen molar-refractivity contribution in [2.45, 2.75) is 24.7 Å². The predicted octanol–water partition coefficient (Wildman–Crippen LogP) is 4.25. The van der Waals surface area contributed by atoms with E-state index in [0.717, 1.165) is 38.6 Å². The van der Waals surface area contributed by atoms with Gasteiger partial charge in [0.2, 0.25) is 11.8 Å². The Morgan fingerprint density at radius 2 is 1.42 bits per heavy atom. The van der Waals surface area contributed by atoms with Crippen LogP contribution < -0.4 is 4.90 Å². The number of fused-ring (bicyclic) bond motifs is 5. The van der Waals surface area contributed by atoms with Crippen LogP contribution in [-0.4, -0.2) is 39.8 Å². The number of allylic oxidation sites excluding steroid dienone is 2. The smallest absolute Gasteiger partial charge is 0.274 e. The number of benzene rings is 3. The third kappa shape index (κ3) is 3.06. The summed E-state index contributed by atoms with van der Waals surface area (Å²) in [7, 11) is 0. The maximum atomic E-state index is 14.7. The molecule has 0 N–H and O–H groups in total. The summed E-state index contributed by atoms with van der Waals surface area (Å²) in [5.74, 6) is -4.99. The lowest BCUT2D eigenvalue weighted by atomic mass is 9.47. The Morgan fingerprint density at radius 1 is 0.822 bits per heavy atom. The molecule has 5 aliphatic carbocycles. The molecule has 2 heterocycles. The Balaban J connectivity index is 1.25. The molecule has 4 amide bonds. The minimum absolute atomic E-state index is 0.0126. The minimum Gasteiger partial charge on any atom is -0.274 e. The van der Waals surface area contributed by atoms with Gasteiger partial charge in [0.25, 0.3) is 17.5 Å². The van der Waals surface area contributed by atoms with Crippen LogP contribution in [0.15, 0.2) is 84.0 Å². The average Bonchev–Trinajstić information content (AvgIpc) is 3.79. The predicted molar refractivity (Wildman–Crippen MR) is 161 cm³/mol. The number of hydrogen-bond acceptors (Lipinski definition) is 7. The molecular formula is C35H26N4O6. The zero-order chi connectivity index (χ0) is 30.9. The van der Waals surface area contributed by atoms with Crippen LogP contribution in [-0.2, 0) is 24.6 Å². The van der Waals surface area contributed by atoms with Crippen LogP contribution >= 0.6 is 0 Å². The Hall–Kier alpha value is -5.25. The summed E-state index contributed by atoms with van der Waals surface area (Å²) < 4.78 is 0. The second kappa shape index (κ2) is 8.68. The summed E-state index contributed by atoms with van der Waals surface area (Å²) in [5, 5.41) is 17.7. The number of carbonyl (C=O) groups excluding carboxylic acids is 4. The number of aryl methyl sites for hydroxylation is 1. The molecule has 3 aromatic carbocycles. The summed E-state index contributed by atoms with van der Waals surface area (Å²) in [6.45, 7) is 1.71. The molecule has 45 heavy (non-hydrogen) atoms. The number of nitro benzene ring substituents is 1. The number of amides is 4. The fourth-order valence-corrected chi connectivity index (χ4v) is 9.41. The van der Waals surface area contributed by atoms with Crippen LogP contribution in [0.4, 0.5) is 11.4 Å². The Labute approximate surface area is 257 Å². The largest absolute Gasteiger partial charge is 0.293 e. The van der Waals surface area contributed by atoms with E-state index in [0.29, 0.717) is 5.56 Å². The molecule has 0 unspecified atom stereocenters. The summed E-state index contributed by atoms with van der Waals surface area (Å²) in [5.41, 5.74) is 2.13. The van der Waals surface area contributed by atoms with Crippen molar-refractivity contribution in [1.29, 1.82) is 0 Å². The molecular weight excluding hydrogens is 572 g/mol. The maximum absolute atomic E-state index is 14.7. The summed E-state index contributed by atoms with van der Waals surface area (Å²) in [6.07, 6.45) is 6.36. The molecule has 2 aliphatic heterocycles. The molecule has 0 spiro atoms. The van der Waals surface area contributed by atoms with E-state index in [-0.39, 0.29) is 35.0 Å². The van der Waals surface area contributed by atoms with Gasteiger partial charge in [-0.1, -0.05) is 66.7 Å². The lowest BCUT2D eigenvalue weighted by Crippen LogP contribution is -2.55. The first-order valence-electron chi connectivity index (χ1n) is 15.2. The third-order valence-corrected chi connectivity index (χ3v) is 11.1. The van der Waals surface area contributed by atoms with Gasteiger partial charge < -0.3 is 0 Å². The molecule has 6 atom stereocenters. The molecule has 0 radical (unpaired) electrons. The second-order valence-corrected chi connectivity index (χ2v) is 13.0. The quantitative estimate of drug-likeness (QED) is 0.145. The van der Waals surface area contributed by atoms with Gasteiger partial charge in [-0.25, -0.2) is 4.90 Å². The van der Waals surface area contributed by atoms with Crippen LogP contribution in [0.5, 0.6) is 0 Å². The lowest BCUT2D eigenvalue weighted by Gasteiger charge is -2.52. The summed E-state index contributed by atoms with van der Waals surface area (Å²) in [4.78, 5) is 68.9. The van der Waals surface area contributed by atoms with Crippen molar-refractivity contribution in [2.75, 3.05) is 4.90 Å². The van der Waals surface area contributed by atoms with E-state index in [9.17, 15) is 29.3 Å². The number of anilines is 1. The van der Waals surface area contributed by atoms with Gasteiger partial charge in [-0.15, -0.1) is 0 Å². The van der Waals surface area contributed by atoms with Crippen molar-refractivity contribution >= 4 is 41.2 Å². The number of rotatable bonds is 4. The van der Waals surface area contributed by atoms with Crippen molar-refractivity contribution < 1.29 is 24.1 Å². The zero-order valence-electron chi connectivity index (χ0n) is 24.1. The molecule has 2 saturated heterocycles. The Bertz CT molecular complexity index is 1920. The number of carbonyl (C=O) groups is 4. The highest BCUT2D eigenvalue weighted by Crippen LogP contribution is 2.64. The van der Waals surface area contributed by atoms with E-state index in [2.05, 4.69) is 5.10 Å². The second-order valence-electron chi connectivity index (χ2n) is 13.0. The van der Waals surface area contributed by atoms with E-state index >= 15 is 0 Å². The zero-order valence-corrected chi connectivity index (χ0v) is 24.1. The van der Waals surface area contributed by atoms with Gasteiger partial charge in [-0.3, -0.25) is 29.3 Å². The lowest BCUT2D eigenvalue weighted by molar-refractivity contribution is -0.384. The molecule has 0 aromatic heterocycles. The van der Waals surface area contributed by atoms with Crippen LogP contribution in [0.1, 0.15) is 40.2 Å². The van der Waals surface area contributed by atoms with Crippen molar-refractivity contribution in [2.24, 2.45) is 40.6 Å². The average molecular weight is 599 g/mol. The van der Waals surface area contributed by atoms with Crippen molar-refractivity contribution in [3.05, 3.63) is 117 Å². The first-order valence-corrected chi connectivity index (χ1v) is 15.2. The fourth-order valence-electron chi connectivity index (χ4n) is 9.41. The molecule has 10 heteroatoms. The maximum Gasteiger partial charge on any atom is 0.293 e. The molecule has 7 aliphatic rings. The minimum atomic E-state index is -1.32.